The molecule has 1 heterocycles. The van der Waals surface area contributed by atoms with Crippen molar-refractivity contribution in [2.45, 2.75) is 13.0 Å². The van der Waals surface area contributed by atoms with Gasteiger partial charge >= 0.3 is 0 Å². The average molecular weight is 412 g/mol. The molecule has 9 nitrogen and oxygen atoms in total. The van der Waals surface area contributed by atoms with Crippen LogP contribution in [0.3, 0.4) is 0 Å². The van der Waals surface area contributed by atoms with E-state index in [0.29, 0.717) is 11.3 Å². The monoisotopic (exact) mass is 412 g/mol. The number of amides is 1. The lowest BCUT2D eigenvalue weighted by atomic mass is 10.1. The van der Waals surface area contributed by atoms with Gasteiger partial charge in [-0.2, -0.15) is 5.10 Å². The molecule has 0 spiro atoms. The lowest BCUT2D eigenvalue weighted by Crippen LogP contribution is -2.33. The third-order valence-electron chi connectivity index (χ3n) is 4.37. The molecule has 0 radical (unpaired) electrons. The number of ether oxygens (including phenoxy) is 1. The van der Waals surface area contributed by atoms with Crippen molar-refractivity contribution in [3.63, 3.8) is 0 Å². The number of halogens is 1. The maximum absolute atomic E-state index is 13.1. The number of anilines is 1. The van der Waals surface area contributed by atoms with E-state index in [9.17, 15) is 24.1 Å². The van der Waals surface area contributed by atoms with Crippen LogP contribution in [0.2, 0.25) is 0 Å². The molecule has 3 rings (SSSR count). The summed E-state index contributed by atoms with van der Waals surface area (Å²) in [6.45, 7) is 1.48. The van der Waals surface area contributed by atoms with E-state index in [1.54, 1.807) is 0 Å². The Morgan fingerprint density at radius 1 is 1.20 bits per heavy atom. The molecule has 1 atom stereocenters. The second kappa shape index (κ2) is 8.52. The number of nitrogens with zero attached hydrogens (tertiary/aromatic N) is 3. The average Bonchev–Trinajstić information content (AvgIpc) is 2.74. The molecule has 0 saturated heterocycles. The lowest BCUT2D eigenvalue weighted by Gasteiger charge is -2.16. The first kappa shape index (κ1) is 20.6. The summed E-state index contributed by atoms with van der Waals surface area (Å²) in [5.41, 5.74) is 0.488. The maximum atomic E-state index is 13.1. The summed E-state index contributed by atoms with van der Waals surface area (Å²) in [5, 5.41) is 17.7. The Morgan fingerprint density at radius 2 is 1.90 bits per heavy atom. The Hall–Kier alpha value is -4.08. The maximum Gasteiger partial charge on any atom is 0.273 e. The largest absolute Gasteiger partial charge is 0.494 e. The Labute approximate surface area is 169 Å². The van der Waals surface area contributed by atoms with E-state index in [-0.39, 0.29) is 17.1 Å². The summed E-state index contributed by atoms with van der Waals surface area (Å²) in [7, 11) is 1.32. The van der Waals surface area contributed by atoms with Gasteiger partial charge in [-0.1, -0.05) is 0 Å². The standard InChI is InChI=1S/C20H17FN4O5/c1-12(20(27)22-17-8-7-15(25(28)29)11-18(17)30-2)24-19(26)10-9-16(23-24)13-3-5-14(21)6-4-13/h3-12H,1-2H3,(H,22,27). The molecule has 0 aliphatic heterocycles. The zero-order valence-corrected chi connectivity index (χ0v) is 16.0. The molecule has 1 N–H and O–H groups in total. The van der Waals surface area contributed by atoms with E-state index in [2.05, 4.69) is 10.4 Å². The van der Waals surface area contributed by atoms with Crippen molar-refractivity contribution in [2.75, 3.05) is 12.4 Å². The third kappa shape index (κ3) is 4.32. The number of carbonyl (C=O) groups is 1. The second-order valence-corrected chi connectivity index (χ2v) is 6.32. The molecule has 1 aromatic heterocycles. The van der Waals surface area contributed by atoms with Crippen molar-refractivity contribution in [1.82, 2.24) is 9.78 Å². The number of nitro groups is 1. The number of aromatic nitrogens is 2. The van der Waals surface area contributed by atoms with Crippen LogP contribution in [0.4, 0.5) is 15.8 Å². The number of carbonyl (C=O) groups excluding carboxylic acids is 1. The fraction of sp³-hybridized carbons (Fsp3) is 0.150. The van der Waals surface area contributed by atoms with E-state index in [4.69, 9.17) is 4.74 Å². The number of rotatable bonds is 6. The first-order valence-electron chi connectivity index (χ1n) is 8.79. The Morgan fingerprint density at radius 3 is 2.53 bits per heavy atom. The number of benzene rings is 2. The summed E-state index contributed by atoms with van der Waals surface area (Å²) in [5.74, 6) is -0.880. The van der Waals surface area contributed by atoms with E-state index in [0.717, 1.165) is 4.68 Å². The van der Waals surface area contributed by atoms with E-state index < -0.39 is 28.2 Å². The second-order valence-electron chi connectivity index (χ2n) is 6.32. The number of hydrogen-bond donors (Lipinski definition) is 1. The number of nitro benzene ring substituents is 1. The van der Waals surface area contributed by atoms with Crippen LogP contribution in [0.25, 0.3) is 11.3 Å². The summed E-state index contributed by atoms with van der Waals surface area (Å²) in [4.78, 5) is 35.3. The Kier molecular flexibility index (Phi) is 5.86. The van der Waals surface area contributed by atoms with Gasteiger partial charge in [0.1, 0.15) is 17.6 Å². The van der Waals surface area contributed by atoms with E-state index in [1.165, 1.54) is 68.6 Å². The molecule has 10 heteroatoms. The molecule has 1 unspecified atom stereocenters. The predicted octanol–water partition coefficient (Wildman–Crippen LogP) is 3.17. The molecule has 3 aromatic rings. The minimum Gasteiger partial charge on any atom is -0.494 e. The van der Waals surface area contributed by atoms with Crippen LogP contribution in [0, 0.1) is 15.9 Å². The third-order valence-corrected chi connectivity index (χ3v) is 4.37. The van der Waals surface area contributed by atoms with Gasteiger partial charge < -0.3 is 10.1 Å². The molecule has 0 aliphatic rings. The van der Waals surface area contributed by atoms with E-state index >= 15 is 0 Å². The van der Waals surface area contributed by atoms with Crippen molar-refractivity contribution in [1.29, 1.82) is 0 Å². The highest BCUT2D eigenvalue weighted by Crippen LogP contribution is 2.29. The summed E-state index contributed by atoms with van der Waals surface area (Å²) < 4.78 is 19.2. The fourth-order valence-corrected chi connectivity index (χ4v) is 2.72. The highest BCUT2D eigenvalue weighted by atomic mass is 19.1. The van der Waals surface area contributed by atoms with Gasteiger partial charge in [-0.15, -0.1) is 0 Å². The van der Waals surface area contributed by atoms with Crippen LogP contribution in [-0.2, 0) is 4.79 Å². The Balaban J connectivity index is 1.87. The van der Waals surface area contributed by atoms with Crippen LogP contribution in [-0.4, -0.2) is 27.7 Å². The number of methoxy groups -OCH3 is 1. The zero-order valence-electron chi connectivity index (χ0n) is 16.0. The SMILES string of the molecule is COc1cc([N+](=O)[O-])ccc1NC(=O)C(C)n1nc(-c2ccc(F)cc2)ccc1=O. The molecule has 0 bridgehead atoms. The fourth-order valence-electron chi connectivity index (χ4n) is 2.72. The van der Waals surface area contributed by atoms with Crippen LogP contribution >= 0.6 is 0 Å². The molecule has 0 fully saturated rings. The van der Waals surface area contributed by atoms with Crippen molar-refractivity contribution in [3.05, 3.63) is 80.9 Å². The lowest BCUT2D eigenvalue weighted by molar-refractivity contribution is -0.384. The highest BCUT2D eigenvalue weighted by Gasteiger charge is 2.21. The highest BCUT2D eigenvalue weighted by molar-refractivity contribution is 5.95. The van der Waals surface area contributed by atoms with Gasteiger partial charge in [0.05, 0.1) is 29.5 Å². The summed E-state index contributed by atoms with van der Waals surface area (Å²) >= 11 is 0. The predicted molar refractivity (Wildman–Crippen MR) is 107 cm³/mol. The molecular formula is C20H17FN4O5. The number of nitrogens with one attached hydrogen (secondary N) is 1. The van der Waals surface area contributed by atoms with Crippen molar-refractivity contribution in [2.24, 2.45) is 0 Å². The zero-order chi connectivity index (χ0) is 21.8. The molecule has 0 saturated carbocycles. The topological polar surface area (TPSA) is 116 Å². The van der Waals surface area contributed by atoms with Gasteiger partial charge in [0, 0.05) is 17.7 Å². The molecule has 2 aromatic carbocycles. The van der Waals surface area contributed by atoms with Gasteiger partial charge in [-0.05, 0) is 43.3 Å². The van der Waals surface area contributed by atoms with Crippen molar-refractivity contribution >= 4 is 17.3 Å². The van der Waals surface area contributed by atoms with Gasteiger partial charge in [-0.25, -0.2) is 9.07 Å². The van der Waals surface area contributed by atoms with Crippen LogP contribution in [0.15, 0.2) is 59.4 Å². The van der Waals surface area contributed by atoms with Gasteiger partial charge in [0.2, 0.25) is 5.91 Å². The van der Waals surface area contributed by atoms with Gasteiger partial charge in [0.25, 0.3) is 11.2 Å². The minimum absolute atomic E-state index is 0.102. The number of non-ortho nitro benzene ring substituents is 1. The van der Waals surface area contributed by atoms with Gasteiger partial charge in [0.15, 0.2) is 0 Å². The smallest absolute Gasteiger partial charge is 0.273 e. The van der Waals surface area contributed by atoms with Crippen molar-refractivity contribution in [3.8, 4) is 17.0 Å². The minimum atomic E-state index is -1.00. The first-order valence-corrected chi connectivity index (χ1v) is 8.79. The van der Waals surface area contributed by atoms with Gasteiger partial charge in [-0.3, -0.25) is 19.7 Å². The molecule has 0 aliphatic carbocycles. The molecule has 30 heavy (non-hydrogen) atoms. The number of hydrogen-bond acceptors (Lipinski definition) is 6. The summed E-state index contributed by atoms with van der Waals surface area (Å²) in [6, 6.07) is 11.1. The normalized spacial score (nSPS) is 11.6. The van der Waals surface area contributed by atoms with E-state index in [1.807, 2.05) is 0 Å². The first-order chi connectivity index (χ1) is 14.3. The molecule has 1 amide bonds. The van der Waals surface area contributed by atoms with Crippen LogP contribution in [0.1, 0.15) is 13.0 Å². The van der Waals surface area contributed by atoms with Crippen LogP contribution in [0.5, 0.6) is 5.75 Å². The van der Waals surface area contributed by atoms with Crippen molar-refractivity contribution < 1.29 is 18.8 Å². The molecular weight excluding hydrogens is 395 g/mol. The summed E-state index contributed by atoms with van der Waals surface area (Å²) in [6.07, 6.45) is 0. The van der Waals surface area contributed by atoms with Crippen LogP contribution < -0.4 is 15.6 Å². The Bertz CT molecular complexity index is 1160. The quantitative estimate of drug-likeness (QED) is 0.491. The molecule has 154 valence electrons.